The van der Waals surface area contributed by atoms with E-state index in [1.165, 1.54) is 13.8 Å². The number of amides is 4. The highest BCUT2D eigenvalue weighted by Crippen LogP contribution is 2.24. The molecular weight excluding hydrogens is 654 g/mol. The Hall–Kier alpha value is -2.56. The van der Waals surface area contributed by atoms with Gasteiger partial charge in [-0.1, -0.05) is 0 Å². The molecule has 0 aliphatic carbocycles. The van der Waals surface area contributed by atoms with E-state index in [0.29, 0.717) is 25.7 Å². The van der Waals surface area contributed by atoms with Crippen molar-refractivity contribution in [1.29, 1.82) is 0 Å². The quantitative estimate of drug-likeness (QED) is 0.0498. The number of ether oxygens (including phenoxy) is 4. The summed E-state index contributed by atoms with van der Waals surface area (Å²) in [6.45, 7) is 2.20. The summed E-state index contributed by atoms with van der Waals surface area (Å²) in [6, 6.07) is -2.30. The van der Waals surface area contributed by atoms with E-state index in [-0.39, 0.29) is 57.0 Å². The predicted molar refractivity (Wildman–Crippen MR) is 169 cm³/mol. The van der Waals surface area contributed by atoms with Crippen molar-refractivity contribution < 1.29 is 68.8 Å². The van der Waals surface area contributed by atoms with Crippen LogP contribution >= 0.6 is 0 Å². The molecule has 0 aromatic rings. The van der Waals surface area contributed by atoms with E-state index >= 15 is 0 Å². The number of aliphatic hydroxyl groups is 6. The van der Waals surface area contributed by atoms with E-state index in [9.17, 15) is 49.8 Å². The average Bonchev–Trinajstić information content (AvgIpc) is 3.06. The van der Waals surface area contributed by atoms with Crippen LogP contribution in [-0.2, 0) is 38.1 Å². The SMILES string of the molecule is CNC(CNC(=O)CCCCOC1OC(CO)C(O)C(O)C1NC(C)=O)CNC(=O)CCCCOC1OC(CO)C(O)C(O)C1NC(C)=O. The van der Waals surface area contributed by atoms with E-state index in [4.69, 9.17) is 18.9 Å². The van der Waals surface area contributed by atoms with Crippen LogP contribution in [0.1, 0.15) is 52.4 Å². The third kappa shape index (κ3) is 14.3. The number of hydrogen-bond donors (Lipinski definition) is 11. The number of likely N-dealkylation sites (N-methyl/N-ethyl adjacent to an activating group) is 1. The molecular formula is C30H55N5O14. The topological polar surface area (TPSA) is 287 Å². The molecule has 0 saturated carbocycles. The summed E-state index contributed by atoms with van der Waals surface area (Å²) in [5.74, 6) is -1.32. The van der Waals surface area contributed by atoms with E-state index < -0.39 is 86.3 Å². The molecule has 2 fully saturated rings. The fourth-order valence-electron chi connectivity index (χ4n) is 5.33. The highest BCUT2D eigenvalue weighted by atomic mass is 16.7. The summed E-state index contributed by atoms with van der Waals surface area (Å²) in [5.41, 5.74) is 0. The maximum Gasteiger partial charge on any atom is 0.220 e. The van der Waals surface area contributed by atoms with Gasteiger partial charge in [-0.15, -0.1) is 0 Å². The van der Waals surface area contributed by atoms with E-state index in [1.807, 2.05) is 0 Å². The smallest absolute Gasteiger partial charge is 0.220 e. The number of aliphatic hydroxyl groups excluding tert-OH is 6. The molecule has 2 aliphatic heterocycles. The lowest BCUT2D eigenvalue weighted by Gasteiger charge is -2.42. The lowest BCUT2D eigenvalue weighted by atomic mass is 9.97. The molecule has 0 spiro atoms. The summed E-state index contributed by atoms with van der Waals surface area (Å²) in [6.07, 6.45) is -7.73. The third-order valence-electron chi connectivity index (χ3n) is 8.16. The molecule has 10 atom stereocenters. The van der Waals surface area contributed by atoms with Crippen LogP contribution in [0.15, 0.2) is 0 Å². The molecule has 0 radical (unpaired) electrons. The summed E-state index contributed by atoms with van der Waals surface area (Å²) in [7, 11) is 1.70. The average molecular weight is 710 g/mol. The van der Waals surface area contributed by atoms with Crippen molar-refractivity contribution in [2.45, 2.75) is 120 Å². The molecule has 2 rings (SSSR count). The second-order valence-corrected chi connectivity index (χ2v) is 12.1. The standard InChI is InChI=1S/C30H55N5O14/c1-16(38)34-23-27(44)25(42)19(14-36)48-29(23)46-10-6-4-8-21(40)32-12-18(31-3)13-33-22(41)9-5-7-11-47-30-24(35-17(2)39)28(45)26(43)20(15-37)49-30/h18-20,23-31,36-37,42-45H,4-15H2,1-3H3,(H,32,40)(H,33,41)(H,34,38)(H,35,39). The predicted octanol–water partition coefficient (Wildman–Crippen LogP) is -4.93. The first-order chi connectivity index (χ1) is 23.3. The number of hydrogen-bond acceptors (Lipinski definition) is 15. The highest BCUT2D eigenvalue weighted by Gasteiger charge is 2.46. The first-order valence-electron chi connectivity index (χ1n) is 16.6. The lowest BCUT2D eigenvalue weighted by molar-refractivity contribution is -0.270. The molecule has 0 aromatic heterocycles. The van der Waals surface area contributed by atoms with Gasteiger partial charge in [0, 0.05) is 59.0 Å². The Bertz CT molecular complexity index is 952. The van der Waals surface area contributed by atoms with E-state index in [2.05, 4.69) is 26.6 Å². The maximum atomic E-state index is 12.4. The monoisotopic (exact) mass is 709 g/mol. The van der Waals surface area contributed by atoms with Gasteiger partial charge in [-0.25, -0.2) is 0 Å². The van der Waals surface area contributed by atoms with Crippen LogP contribution < -0.4 is 26.6 Å². The van der Waals surface area contributed by atoms with E-state index in [0.717, 1.165) is 0 Å². The molecule has 10 unspecified atom stereocenters. The van der Waals surface area contributed by atoms with Crippen molar-refractivity contribution in [2.75, 3.05) is 46.6 Å². The van der Waals surface area contributed by atoms with Gasteiger partial charge in [0.2, 0.25) is 23.6 Å². The Kier molecular flexibility index (Phi) is 19.4. The van der Waals surface area contributed by atoms with Crippen LogP contribution in [0.4, 0.5) is 0 Å². The Morgan fingerprint density at radius 2 is 1.04 bits per heavy atom. The van der Waals surface area contributed by atoms with Gasteiger partial charge in [-0.2, -0.15) is 0 Å². The summed E-state index contributed by atoms with van der Waals surface area (Å²) in [5, 5.41) is 73.2. The first kappa shape index (κ1) is 42.6. The maximum absolute atomic E-state index is 12.4. The molecule has 19 heteroatoms. The Balaban J connectivity index is 1.61. The first-order valence-corrected chi connectivity index (χ1v) is 16.6. The van der Waals surface area contributed by atoms with Crippen molar-refractivity contribution in [1.82, 2.24) is 26.6 Å². The molecule has 284 valence electrons. The van der Waals surface area contributed by atoms with Crippen molar-refractivity contribution in [3.8, 4) is 0 Å². The largest absolute Gasteiger partial charge is 0.394 e. The number of unbranched alkanes of at least 4 members (excludes halogenated alkanes) is 2. The minimum atomic E-state index is -1.41. The fraction of sp³-hybridized carbons (Fsp3) is 0.867. The van der Waals surface area contributed by atoms with Gasteiger partial charge in [-0.3, -0.25) is 19.2 Å². The number of rotatable bonds is 21. The van der Waals surface area contributed by atoms with Gasteiger partial charge in [0.25, 0.3) is 0 Å². The van der Waals surface area contributed by atoms with Crippen LogP contribution in [0.3, 0.4) is 0 Å². The number of nitrogens with one attached hydrogen (secondary N) is 5. The molecule has 11 N–H and O–H groups in total. The van der Waals surface area contributed by atoms with Gasteiger partial charge in [-0.05, 0) is 32.7 Å². The van der Waals surface area contributed by atoms with Crippen molar-refractivity contribution in [3.63, 3.8) is 0 Å². The summed E-state index contributed by atoms with van der Waals surface area (Å²) >= 11 is 0. The minimum Gasteiger partial charge on any atom is -0.394 e. The molecule has 0 aromatic carbocycles. The van der Waals surface area contributed by atoms with Gasteiger partial charge in [0.1, 0.15) is 48.7 Å². The van der Waals surface area contributed by atoms with Gasteiger partial charge >= 0.3 is 0 Å². The van der Waals surface area contributed by atoms with Crippen LogP contribution in [0.25, 0.3) is 0 Å². The highest BCUT2D eigenvalue weighted by molar-refractivity contribution is 5.76. The van der Waals surface area contributed by atoms with Crippen molar-refractivity contribution in [3.05, 3.63) is 0 Å². The normalized spacial score (nSPS) is 30.6. The Morgan fingerprint density at radius 1 is 0.653 bits per heavy atom. The zero-order valence-electron chi connectivity index (χ0n) is 28.3. The molecule has 2 saturated heterocycles. The number of carbonyl (C=O) groups excluding carboxylic acids is 4. The molecule has 19 nitrogen and oxygen atoms in total. The minimum absolute atomic E-state index is 0.135. The zero-order valence-corrected chi connectivity index (χ0v) is 28.3. The van der Waals surface area contributed by atoms with Gasteiger partial charge < -0.3 is 76.2 Å². The van der Waals surface area contributed by atoms with Crippen molar-refractivity contribution >= 4 is 23.6 Å². The van der Waals surface area contributed by atoms with Gasteiger partial charge in [0.05, 0.1) is 13.2 Å². The van der Waals surface area contributed by atoms with Crippen LogP contribution in [0.2, 0.25) is 0 Å². The third-order valence-corrected chi connectivity index (χ3v) is 8.16. The molecule has 2 aliphatic rings. The Morgan fingerprint density at radius 3 is 1.37 bits per heavy atom. The van der Waals surface area contributed by atoms with Crippen LogP contribution in [-0.4, -0.2) is 168 Å². The van der Waals surface area contributed by atoms with Crippen LogP contribution in [0, 0.1) is 0 Å². The van der Waals surface area contributed by atoms with Crippen molar-refractivity contribution in [2.24, 2.45) is 0 Å². The molecule has 49 heavy (non-hydrogen) atoms. The van der Waals surface area contributed by atoms with E-state index in [1.54, 1.807) is 7.05 Å². The molecule has 0 bridgehead atoms. The molecule has 2 heterocycles. The second kappa shape index (κ2) is 22.3. The second-order valence-electron chi connectivity index (χ2n) is 12.1. The van der Waals surface area contributed by atoms with Crippen LogP contribution in [0.5, 0.6) is 0 Å². The summed E-state index contributed by atoms with van der Waals surface area (Å²) < 4.78 is 22.3. The zero-order chi connectivity index (χ0) is 36.5. The lowest BCUT2D eigenvalue weighted by Crippen LogP contribution is -2.64. The molecule has 4 amide bonds. The fourth-order valence-corrected chi connectivity index (χ4v) is 5.33. The van der Waals surface area contributed by atoms with Gasteiger partial charge in [0.15, 0.2) is 12.6 Å². The summed E-state index contributed by atoms with van der Waals surface area (Å²) in [4.78, 5) is 47.7. The Labute approximate surface area is 285 Å². The number of carbonyl (C=O) groups is 4.